The molecule has 0 unspecified atom stereocenters. The first-order valence-corrected chi connectivity index (χ1v) is 8.04. The minimum Gasteiger partial charge on any atom is -0.483 e. The average molecular weight is 352 g/mol. The van der Waals surface area contributed by atoms with Crippen LogP contribution in [-0.2, 0) is 13.2 Å². The molecule has 0 aliphatic heterocycles. The zero-order chi connectivity index (χ0) is 18.4. The molecule has 132 valence electrons. The van der Waals surface area contributed by atoms with Gasteiger partial charge in [0.15, 0.2) is 5.75 Å². The Hall–Kier alpha value is -3.41. The average Bonchev–Trinajstić information content (AvgIpc) is 2.67. The number of carbonyl (C=O) groups excluding carboxylic acids is 1. The van der Waals surface area contributed by atoms with Crippen molar-refractivity contribution in [2.24, 2.45) is 0 Å². The van der Waals surface area contributed by atoms with Crippen molar-refractivity contribution < 1.29 is 13.9 Å². The quantitative estimate of drug-likeness (QED) is 0.716. The Morgan fingerprint density at radius 3 is 2.46 bits per heavy atom. The van der Waals surface area contributed by atoms with Gasteiger partial charge in [0, 0.05) is 18.8 Å². The highest BCUT2D eigenvalue weighted by Gasteiger charge is 2.10. The molecule has 3 aromatic rings. The number of amides is 1. The summed E-state index contributed by atoms with van der Waals surface area (Å²) >= 11 is 0. The van der Waals surface area contributed by atoms with Crippen molar-refractivity contribution in [3.8, 4) is 5.75 Å². The van der Waals surface area contributed by atoms with Crippen LogP contribution < -0.4 is 15.5 Å². The number of pyridine rings is 1. The number of hydrogen-bond acceptors (Lipinski definition) is 3. The number of nitrogens with one attached hydrogen (secondary N) is 2. The molecule has 2 N–H and O–H groups in total. The van der Waals surface area contributed by atoms with Crippen molar-refractivity contribution in [3.05, 3.63) is 99.7 Å². The van der Waals surface area contributed by atoms with Crippen LogP contribution in [0.5, 0.6) is 5.75 Å². The zero-order valence-electron chi connectivity index (χ0n) is 13.9. The Morgan fingerprint density at radius 2 is 1.77 bits per heavy atom. The van der Waals surface area contributed by atoms with Gasteiger partial charge in [0.25, 0.3) is 5.91 Å². The van der Waals surface area contributed by atoms with Gasteiger partial charge in [-0.15, -0.1) is 0 Å². The fraction of sp³-hybridized carbons (Fsp3) is 0.100. The molecule has 1 amide bonds. The Bertz CT molecular complexity index is 937. The third-order valence-electron chi connectivity index (χ3n) is 3.73. The molecule has 0 aliphatic carbocycles. The first kappa shape index (κ1) is 17.4. The standard InChI is InChI=1S/C20H17FN2O3/c21-16-8-6-14(7-9-16)11-23-20(25)17-10-18(24)19(12-22-17)26-13-15-4-2-1-3-5-15/h1-10,12H,11,13H2,(H,22,24)(H,23,25). The highest BCUT2D eigenvalue weighted by Crippen LogP contribution is 2.07. The topological polar surface area (TPSA) is 71.2 Å². The Kier molecular flexibility index (Phi) is 5.43. The maximum absolute atomic E-state index is 12.9. The van der Waals surface area contributed by atoms with Crippen molar-refractivity contribution in [1.29, 1.82) is 0 Å². The summed E-state index contributed by atoms with van der Waals surface area (Å²) in [4.78, 5) is 27.0. The van der Waals surface area contributed by atoms with E-state index >= 15 is 0 Å². The predicted molar refractivity (Wildman–Crippen MR) is 95.4 cm³/mol. The maximum Gasteiger partial charge on any atom is 0.268 e. The second-order valence-corrected chi connectivity index (χ2v) is 5.66. The van der Waals surface area contributed by atoms with E-state index in [9.17, 15) is 14.0 Å². The minimum absolute atomic E-state index is 0.129. The molecule has 0 aliphatic rings. The van der Waals surface area contributed by atoms with Crippen LogP contribution in [-0.4, -0.2) is 10.9 Å². The monoisotopic (exact) mass is 352 g/mol. The summed E-state index contributed by atoms with van der Waals surface area (Å²) in [5, 5.41) is 2.67. The number of halogens is 1. The summed E-state index contributed by atoms with van der Waals surface area (Å²) in [6, 6.07) is 16.5. The van der Waals surface area contributed by atoms with E-state index in [-0.39, 0.29) is 35.8 Å². The van der Waals surface area contributed by atoms with Crippen LogP contribution in [0.15, 0.2) is 71.7 Å². The summed E-state index contributed by atoms with van der Waals surface area (Å²) in [5.74, 6) is -0.625. The van der Waals surface area contributed by atoms with Gasteiger partial charge >= 0.3 is 0 Å². The van der Waals surface area contributed by atoms with E-state index in [0.29, 0.717) is 0 Å². The van der Waals surface area contributed by atoms with Crippen molar-refractivity contribution >= 4 is 5.91 Å². The van der Waals surface area contributed by atoms with Gasteiger partial charge in [-0.2, -0.15) is 0 Å². The van der Waals surface area contributed by atoms with Crippen LogP contribution >= 0.6 is 0 Å². The molecule has 0 fully saturated rings. The molecule has 1 heterocycles. The SMILES string of the molecule is O=C(NCc1ccc(F)cc1)c1cc(=O)c(OCc2ccccc2)c[nH]1. The fourth-order valence-electron chi connectivity index (χ4n) is 2.32. The number of aromatic amines is 1. The highest BCUT2D eigenvalue weighted by molar-refractivity contribution is 5.92. The van der Waals surface area contributed by atoms with Gasteiger partial charge in [0.05, 0.1) is 0 Å². The minimum atomic E-state index is -0.430. The molecule has 0 saturated heterocycles. The molecular formula is C20H17FN2O3. The summed E-state index contributed by atoms with van der Waals surface area (Å²) in [7, 11) is 0. The van der Waals surface area contributed by atoms with Crippen LogP contribution in [0.25, 0.3) is 0 Å². The Labute approximate surface area is 149 Å². The number of hydrogen-bond donors (Lipinski definition) is 2. The number of aromatic nitrogens is 1. The zero-order valence-corrected chi connectivity index (χ0v) is 13.9. The van der Waals surface area contributed by atoms with Gasteiger partial charge in [0.1, 0.15) is 18.1 Å². The number of benzene rings is 2. The van der Waals surface area contributed by atoms with Gasteiger partial charge < -0.3 is 15.0 Å². The maximum atomic E-state index is 12.9. The van der Waals surface area contributed by atoms with Crippen LogP contribution in [0.2, 0.25) is 0 Å². The van der Waals surface area contributed by atoms with Gasteiger partial charge in [-0.3, -0.25) is 9.59 Å². The van der Waals surface area contributed by atoms with Crippen LogP contribution in [0, 0.1) is 5.82 Å². The molecule has 0 bridgehead atoms. The number of ether oxygens (including phenoxy) is 1. The Balaban J connectivity index is 1.60. The van der Waals surface area contributed by atoms with Gasteiger partial charge in [-0.05, 0) is 23.3 Å². The van der Waals surface area contributed by atoms with E-state index in [1.807, 2.05) is 30.3 Å². The van der Waals surface area contributed by atoms with Gasteiger partial charge in [-0.1, -0.05) is 42.5 Å². The molecule has 26 heavy (non-hydrogen) atoms. The largest absolute Gasteiger partial charge is 0.483 e. The molecule has 3 rings (SSSR count). The van der Waals surface area contributed by atoms with Gasteiger partial charge in [-0.25, -0.2) is 4.39 Å². The third kappa shape index (κ3) is 4.57. The van der Waals surface area contributed by atoms with Crippen molar-refractivity contribution in [2.75, 3.05) is 0 Å². The van der Waals surface area contributed by atoms with Crippen LogP contribution in [0.3, 0.4) is 0 Å². The molecule has 1 aromatic heterocycles. The lowest BCUT2D eigenvalue weighted by atomic mass is 10.2. The fourth-order valence-corrected chi connectivity index (χ4v) is 2.32. The van der Waals surface area contributed by atoms with Gasteiger partial charge in [0.2, 0.25) is 5.43 Å². The van der Waals surface area contributed by atoms with E-state index in [1.54, 1.807) is 12.1 Å². The molecule has 6 heteroatoms. The lowest BCUT2D eigenvalue weighted by Gasteiger charge is -2.08. The van der Waals surface area contributed by atoms with Crippen LogP contribution in [0.4, 0.5) is 4.39 Å². The molecular weight excluding hydrogens is 335 g/mol. The number of H-pyrrole nitrogens is 1. The predicted octanol–water partition coefficient (Wildman–Crippen LogP) is 3.02. The van der Waals surface area contributed by atoms with E-state index in [4.69, 9.17) is 4.74 Å². The van der Waals surface area contributed by atoms with E-state index < -0.39 is 5.91 Å². The second kappa shape index (κ2) is 8.11. The summed E-state index contributed by atoms with van der Waals surface area (Å²) in [6.07, 6.45) is 1.37. The van der Waals surface area contributed by atoms with Crippen molar-refractivity contribution in [1.82, 2.24) is 10.3 Å². The van der Waals surface area contributed by atoms with Crippen molar-refractivity contribution in [2.45, 2.75) is 13.2 Å². The van der Waals surface area contributed by atoms with E-state index in [2.05, 4.69) is 10.3 Å². The molecule has 0 radical (unpaired) electrons. The lowest BCUT2D eigenvalue weighted by Crippen LogP contribution is -2.25. The molecule has 0 saturated carbocycles. The second-order valence-electron chi connectivity index (χ2n) is 5.66. The number of carbonyl (C=O) groups is 1. The lowest BCUT2D eigenvalue weighted by molar-refractivity contribution is 0.0945. The molecule has 0 atom stereocenters. The van der Waals surface area contributed by atoms with E-state index in [1.165, 1.54) is 24.4 Å². The Morgan fingerprint density at radius 1 is 1.04 bits per heavy atom. The first-order valence-electron chi connectivity index (χ1n) is 8.04. The first-order chi connectivity index (χ1) is 12.6. The molecule has 2 aromatic carbocycles. The molecule has 0 spiro atoms. The normalized spacial score (nSPS) is 10.3. The smallest absolute Gasteiger partial charge is 0.268 e. The van der Waals surface area contributed by atoms with Crippen LogP contribution in [0.1, 0.15) is 21.6 Å². The third-order valence-corrected chi connectivity index (χ3v) is 3.73. The summed E-state index contributed by atoms with van der Waals surface area (Å²) in [5.41, 5.74) is 1.44. The number of rotatable bonds is 6. The molecule has 5 nitrogen and oxygen atoms in total. The summed E-state index contributed by atoms with van der Waals surface area (Å²) < 4.78 is 18.4. The van der Waals surface area contributed by atoms with E-state index in [0.717, 1.165) is 11.1 Å². The highest BCUT2D eigenvalue weighted by atomic mass is 19.1. The van der Waals surface area contributed by atoms with Crippen molar-refractivity contribution in [3.63, 3.8) is 0 Å². The summed E-state index contributed by atoms with van der Waals surface area (Å²) in [6.45, 7) is 0.493.